The molecule has 3 rings (SSSR count). The van der Waals surface area contributed by atoms with Crippen molar-refractivity contribution in [2.75, 3.05) is 4.90 Å². The Morgan fingerprint density at radius 2 is 1.83 bits per heavy atom. The number of carbonyl (C=O) groups excluding carboxylic acids is 3. The summed E-state index contributed by atoms with van der Waals surface area (Å²) in [5.74, 6) is -0.964. The molecule has 4 amide bonds. The van der Waals surface area contributed by atoms with Crippen LogP contribution in [0.4, 0.5) is 10.5 Å². The molecule has 0 radical (unpaired) electrons. The van der Waals surface area contributed by atoms with Crippen LogP contribution < -0.4 is 10.4 Å². The van der Waals surface area contributed by atoms with Gasteiger partial charge >= 0.3 is 6.03 Å². The number of imide groups is 1. The molecule has 0 aliphatic carbocycles. The molecule has 0 bridgehead atoms. The van der Waals surface area contributed by atoms with Crippen molar-refractivity contribution >= 4 is 46.7 Å². The maximum absolute atomic E-state index is 13.1. The van der Waals surface area contributed by atoms with E-state index in [0.717, 1.165) is 10.5 Å². The fourth-order valence-corrected chi connectivity index (χ4v) is 3.76. The van der Waals surface area contributed by atoms with Gasteiger partial charge in [-0.15, -0.1) is 0 Å². The minimum absolute atomic E-state index is 0.0371. The molecule has 9 heteroatoms. The number of anilines is 1. The van der Waals surface area contributed by atoms with Gasteiger partial charge in [-0.25, -0.2) is 15.2 Å². The van der Waals surface area contributed by atoms with Crippen molar-refractivity contribution in [3.63, 3.8) is 0 Å². The first-order valence-electron chi connectivity index (χ1n) is 8.99. The average Bonchev–Trinajstić information content (AvgIpc) is 2.93. The Bertz CT molecular complexity index is 923. The van der Waals surface area contributed by atoms with E-state index < -0.39 is 23.9 Å². The maximum atomic E-state index is 13.1. The number of carbonyl (C=O) groups is 3. The molecule has 1 aliphatic rings. The van der Waals surface area contributed by atoms with Crippen molar-refractivity contribution in [3.05, 3.63) is 64.1 Å². The second-order valence-electron chi connectivity index (χ2n) is 6.61. The van der Waals surface area contributed by atoms with Crippen LogP contribution in [0.2, 0.25) is 10.0 Å². The van der Waals surface area contributed by atoms with E-state index in [-0.39, 0.29) is 30.1 Å². The topological polar surface area (TPSA) is 90.0 Å². The van der Waals surface area contributed by atoms with Crippen molar-refractivity contribution in [1.82, 2.24) is 10.4 Å². The number of nitrogens with one attached hydrogen (secondary N) is 1. The number of benzene rings is 2. The van der Waals surface area contributed by atoms with Crippen LogP contribution in [0.1, 0.15) is 24.8 Å². The molecule has 0 spiro atoms. The summed E-state index contributed by atoms with van der Waals surface area (Å²) in [5.41, 5.74) is 2.70. The first-order chi connectivity index (χ1) is 13.9. The minimum Gasteiger partial charge on any atom is -0.308 e. The number of hydrogen-bond acceptors (Lipinski definition) is 4. The molecule has 2 aromatic rings. The zero-order chi connectivity index (χ0) is 21.0. The Kier molecular flexibility index (Phi) is 6.74. The predicted molar refractivity (Wildman–Crippen MR) is 109 cm³/mol. The molecule has 2 aromatic carbocycles. The molecule has 1 fully saturated rings. The van der Waals surface area contributed by atoms with Crippen LogP contribution in [0.5, 0.6) is 0 Å². The second-order valence-corrected chi connectivity index (χ2v) is 7.45. The van der Waals surface area contributed by atoms with Crippen LogP contribution in [-0.4, -0.2) is 34.0 Å². The van der Waals surface area contributed by atoms with Gasteiger partial charge in [0.1, 0.15) is 6.04 Å². The Morgan fingerprint density at radius 1 is 1.10 bits per heavy atom. The van der Waals surface area contributed by atoms with Gasteiger partial charge < -0.3 is 4.90 Å². The monoisotopic (exact) mass is 435 g/mol. The minimum atomic E-state index is -0.749. The van der Waals surface area contributed by atoms with E-state index >= 15 is 0 Å². The van der Waals surface area contributed by atoms with Crippen LogP contribution in [0.25, 0.3) is 0 Å². The molecule has 0 aromatic heterocycles. The van der Waals surface area contributed by atoms with Gasteiger partial charge in [-0.2, -0.15) is 0 Å². The number of amides is 4. The smallest absolute Gasteiger partial charge is 0.308 e. The molecular weight excluding hydrogens is 417 g/mol. The lowest BCUT2D eigenvalue weighted by atomic mass is 10.1. The summed E-state index contributed by atoms with van der Waals surface area (Å²) in [5, 5.41) is 9.23. The largest absolute Gasteiger partial charge is 0.332 e. The molecule has 29 heavy (non-hydrogen) atoms. The molecule has 1 unspecified atom stereocenters. The summed E-state index contributed by atoms with van der Waals surface area (Å²) in [4.78, 5) is 40.1. The zero-order valence-corrected chi connectivity index (χ0v) is 16.9. The van der Waals surface area contributed by atoms with Crippen molar-refractivity contribution < 1.29 is 19.6 Å². The van der Waals surface area contributed by atoms with Crippen LogP contribution >= 0.6 is 23.2 Å². The zero-order valence-electron chi connectivity index (χ0n) is 15.3. The number of hydroxylamine groups is 1. The third-order valence-corrected chi connectivity index (χ3v) is 5.21. The summed E-state index contributed by atoms with van der Waals surface area (Å²) in [6, 6.07) is 12.6. The van der Waals surface area contributed by atoms with Gasteiger partial charge in [-0.3, -0.25) is 14.8 Å². The summed E-state index contributed by atoms with van der Waals surface area (Å²) in [6.07, 6.45) is 0.630. The molecule has 1 saturated heterocycles. The summed E-state index contributed by atoms with van der Waals surface area (Å²) >= 11 is 12.2. The number of halogens is 2. The van der Waals surface area contributed by atoms with E-state index in [1.165, 1.54) is 17.0 Å². The predicted octanol–water partition coefficient (Wildman–Crippen LogP) is 4.01. The molecule has 152 valence electrons. The molecule has 7 nitrogen and oxygen atoms in total. The fraction of sp³-hybridized carbons (Fsp3) is 0.250. The van der Waals surface area contributed by atoms with Crippen LogP contribution in [0.3, 0.4) is 0 Å². The summed E-state index contributed by atoms with van der Waals surface area (Å²) in [6.45, 7) is 0.240. The van der Waals surface area contributed by atoms with Gasteiger partial charge in [0.15, 0.2) is 0 Å². The second kappa shape index (κ2) is 9.26. The lowest BCUT2D eigenvalue weighted by Gasteiger charge is -2.22. The van der Waals surface area contributed by atoms with E-state index in [0.29, 0.717) is 11.4 Å². The highest BCUT2D eigenvalue weighted by Crippen LogP contribution is 2.35. The molecular formula is C20H19Cl2N3O4. The van der Waals surface area contributed by atoms with E-state index in [4.69, 9.17) is 28.4 Å². The van der Waals surface area contributed by atoms with Crippen molar-refractivity contribution in [1.29, 1.82) is 0 Å². The standard InChI is InChI=1S/C20H19Cl2N3O4/c21-14-9-10-16(15(22)11-14)25-19(27)17(7-4-8-18(26)23-29)24(20(25)28)12-13-5-2-1-3-6-13/h1-3,5-6,9-11,17,29H,4,7-8,12H2,(H,23,26). The molecule has 1 heterocycles. The number of nitrogens with zero attached hydrogens (tertiary/aromatic N) is 2. The van der Waals surface area contributed by atoms with Crippen LogP contribution in [0, 0.1) is 0 Å². The SMILES string of the molecule is O=C(CCCC1C(=O)N(c2ccc(Cl)cc2Cl)C(=O)N1Cc1ccccc1)NO. The van der Waals surface area contributed by atoms with Crippen molar-refractivity contribution in [3.8, 4) is 0 Å². The summed E-state index contributed by atoms with van der Waals surface area (Å²) in [7, 11) is 0. The first kappa shape index (κ1) is 21.1. The van der Waals surface area contributed by atoms with E-state index in [9.17, 15) is 14.4 Å². The van der Waals surface area contributed by atoms with E-state index in [1.807, 2.05) is 30.3 Å². The molecule has 2 N–H and O–H groups in total. The number of hydrogen-bond donors (Lipinski definition) is 2. The maximum Gasteiger partial charge on any atom is 0.332 e. The quantitative estimate of drug-likeness (QED) is 0.390. The Balaban J connectivity index is 1.88. The van der Waals surface area contributed by atoms with E-state index in [2.05, 4.69) is 0 Å². The normalized spacial score (nSPS) is 16.4. The Labute approximate surface area is 177 Å². The first-order valence-corrected chi connectivity index (χ1v) is 9.74. The van der Waals surface area contributed by atoms with Gasteiger partial charge in [0.2, 0.25) is 5.91 Å². The van der Waals surface area contributed by atoms with Crippen molar-refractivity contribution in [2.24, 2.45) is 0 Å². The van der Waals surface area contributed by atoms with Gasteiger partial charge in [-0.05, 0) is 36.6 Å². The summed E-state index contributed by atoms with van der Waals surface area (Å²) < 4.78 is 0. The molecule has 0 saturated carbocycles. The molecule has 1 atom stereocenters. The lowest BCUT2D eigenvalue weighted by molar-refractivity contribution is -0.129. The van der Waals surface area contributed by atoms with Crippen LogP contribution in [0.15, 0.2) is 48.5 Å². The Morgan fingerprint density at radius 3 is 2.48 bits per heavy atom. The highest BCUT2D eigenvalue weighted by atomic mass is 35.5. The van der Waals surface area contributed by atoms with Crippen molar-refractivity contribution in [2.45, 2.75) is 31.8 Å². The fourth-order valence-electron chi connectivity index (χ4n) is 3.27. The van der Waals surface area contributed by atoms with Crippen LogP contribution in [-0.2, 0) is 16.1 Å². The van der Waals surface area contributed by atoms with Gasteiger partial charge in [-0.1, -0.05) is 53.5 Å². The number of urea groups is 1. The molecule has 1 aliphatic heterocycles. The highest BCUT2D eigenvalue weighted by molar-refractivity contribution is 6.38. The average molecular weight is 436 g/mol. The van der Waals surface area contributed by atoms with Gasteiger partial charge in [0.25, 0.3) is 5.91 Å². The third kappa shape index (κ3) is 4.70. The third-order valence-electron chi connectivity index (χ3n) is 4.67. The lowest BCUT2D eigenvalue weighted by Crippen LogP contribution is -2.35. The number of rotatable bonds is 7. The van der Waals surface area contributed by atoms with Gasteiger partial charge in [0.05, 0.1) is 10.7 Å². The highest BCUT2D eigenvalue weighted by Gasteiger charge is 2.46. The van der Waals surface area contributed by atoms with E-state index in [1.54, 1.807) is 11.5 Å². The Hall–Kier alpha value is -2.61. The van der Waals surface area contributed by atoms with Gasteiger partial charge in [0, 0.05) is 18.0 Å².